The molecular formula is C23H26N4O2S. The highest BCUT2D eigenvalue weighted by atomic mass is 32.1. The maximum Gasteiger partial charge on any atom is 0.313 e. The molecule has 0 aliphatic carbocycles. The fourth-order valence-electron chi connectivity index (χ4n) is 3.65. The van der Waals surface area contributed by atoms with Crippen molar-refractivity contribution in [2.75, 3.05) is 29.9 Å². The maximum absolute atomic E-state index is 12.2. The van der Waals surface area contributed by atoms with Gasteiger partial charge >= 0.3 is 11.8 Å². The Bertz CT molecular complexity index is 990. The number of aromatic nitrogens is 1. The summed E-state index contributed by atoms with van der Waals surface area (Å²) in [6.07, 6.45) is 2.87. The van der Waals surface area contributed by atoms with Crippen LogP contribution in [0.15, 0.2) is 48.5 Å². The highest BCUT2D eigenvalue weighted by molar-refractivity contribution is 7.22. The van der Waals surface area contributed by atoms with Gasteiger partial charge < -0.3 is 15.5 Å². The number of carbonyl (C=O) groups excluding carboxylic acids is 2. The van der Waals surface area contributed by atoms with Crippen molar-refractivity contribution in [2.24, 2.45) is 5.92 Å². The van der Waals surface area contributed by atoms with E-state index in [9.17, 15) is 9.59 Å². The molecule has 3 aromatic rings. The van der Waals surface area contributed by atoms with Crippen LogP contribution in [0.1, 0.15) is 25.3 Å². The number of fused-ring (bicyclic) bond motifs is 1. The third-order valence-corrected chi connectivity index (χ3v) is 6.64. The molecule has 1 saturated heterocycles. The van der Waals surface area contributed by atoms with Crippen molar-refractivity contribution in [1.29, 1.82) is 0 Å². The first-order valence-electron chi connectivity index (χ1n) is 10.4. The van der Waals surface area contributed by atoms with Gasteiger partial charge in [0.2, 0.25) is 0 Å². The van der Waals surface area contributed by atoms with Crippen LogP contribution < -0.4 is 15.5 Å². The number of para-hydroxylation sites is 1. The number of hydrogen-bond donors (Lipinski definition) is 2. The average Bonchev–Trinajstić information content (AvgIpc) is 3.22. The summed E-state index contributed by atoms with van der Waals surface area (Å²) in [6.45, 7) is 4.42. The summed E-state index contributed by atoms with van der Waals surface area (Å²) in [5.74, 6) is -0.828. The Hall–Kier alpha value is -2.93. The third kappa shape index (κ3) is 4.79. The Morgan fingerprint density at radius 1 is 1.07 bits per heavy atom. The van der Waals surface area contributed by atoms with Crippen LogP contribution in [-0.2, 0) is 16.0 Å². The first kappa shape index (κ1) is 20.3. The topological polar surface area (TPSA) is 74.3 Å². The summed E-state index contributed by atoms with van der Waals surface area (Å²) in [5.41, 5.74) is 2.87. The number of thiazole rings is 1. The van der Waals surface area contributed by atoms with Gasteiger partial charge in [-0.2, -0.15) is 0 Å². The van der Waals surface area contributed by atoms with Gasteiger partial charge in [0.1, 0.15) is 0 Å². The molecule has 1 aliphatic heterocycles. The van der Waals surface area contributed by atoms with Gasteiger partial charge in [0, 0.05) is 25.3 Å². The summed E-state index contributed by atoms with van der Waals surface area (Å²) >= 11 is 1.72. The summed E-state index contributed by atoms with van der Waals surface area (Å²) in [5, 5.41) is 6.51. The molecule has 30 heavy (non-hydrogen) atoms. The highest BCUT2D eigenvalue weighted by Gasteiger charge is 2.23. The molecule has 2 heterocycles. The number of piperidine rings is 1. The SMILES string of the molecule is CCc1ccc(NC(=O)C(=O)NCC2CCN(c3nc4ccccc4s3)CC2)cc1. The van der Waals surface area contributed by atoms with E-state index in [1.807, 2.05) is 42.5 Å². The van der Waals surface area contributed by atoms with Gasteiger partial charge in [-0.3, -0.25) is 9.59 Å². The lowest BCUT2D eigenvalue weighted by atomic mass is 9.97. The second kappa shape index (κ2) is 9.26. The molecule has 2 aromatic carbocycles. The molecule has 0 unspecified atom stereocenters. The lowest BCUT2D eigenvalue weighted by molar-refractivity contribution is -0.136. The summed E-state index contributed by atoms with van der Waals surface area (Å²) in [6, 6.07) is 15.7. The highest BCUT2D eigenvalue weighted by Crippen LogP contribution is 2.31. The van der Waals surface area contributed by atoms with E-state index in [1.165, 1.54) is 10.3 Å². The molecule has 6 nitrogen and oxygen atoms in total. The van der Waals surface area contributed by atoms with Crippen LogP contribution in [-0.4, -0.2) is 36.4 Å². The largest absolute Gasteiger partial charge is 0.348 e. The minimum absolute atomic E-state index is 0.371. The Morgan fingerprint density at radius 3 is 2.50 bits per heavy atom. The van der Waals surface area contributed by atoms with Gasteiger partial charge in [-0.05, 0) is 55.0 Å². The molecule has 2 amide bonds. The quantitative estimate of drug-likeness (QED) is 0.613. The number of nitrogens with zero attached hydrogens (tertiary/aromatic N) is 2. The van der Waals surface area contributed by atoms with Gasteiger partial charge in [0.25, 0.3) is 0 Å². The number of aryl methyl sites for hydroxylation is 1. The smallest absolute Gasteiger partial charge is 0.313 e. The van der Waals surface area contributed by atoms with Gasteiger partial charge in [0.05, 0.1) is 10.2 Å². The van der Waals surface area contributed by atoms with Crippen molar-refractivity contribution in [3.05, 3.63) is 54.1 Å². The molecule has 156 valence electrons. The Morgan fingerprint density at radius 2 is 1.80 bits per heavy atom. The molecule has 0 radical (unpaired) electrons. The zero-order chi connectivity index (χ0) is 20.9. The summed E-state index contributed by atoms with van der Waals surface area (Å²) < 4.78 is 1.21. The number of hydrogen-bond acceptors (Lipinski definition) is 5. The number of nitrogens with one attached hydrogen (secondary N) is 2. The number of amides is 2. The van der Waals surface area contributed by atoms with Crippen LogP contribution in [0.3, 0.4) is 0 Å². The van der Waals surface area contributed by atoms with E-state index in [4.69, 9.17) is 4.98 Å². The van der Waals surface area contributed by atoms with Crippen LogP contribution in [0.5, 0.6) is 0 Å². The zero-order valence-corrected chi connectivity index (χ0v) is 17.9. The number of benzene rings is 2. The van der Waals surface area contributed by atoms with E-state index < -0.39 is 11.8 Å². The first-order chi connectivity index (χ1) is 14.6. The molecule has 1 fully saturated rings. The number of rotatable bonds is 5. The van der Waals surface area contributed by atoms with E-state index in [0.29, 0.717) is 18.2 Å². The van der Waals surface area contributed by atoms with Crippen molar-refractivity contribution in [3.63, 3.8) is 0 Å². The molecule has 1 aromatic heterocycles. The first-order valence-corrected chi connectivity index (χ1v) is 11.2. The molecule has 1 aliphatic rings. The van der Waals surface area contributed by atoms with Gasteiger partial charge in [-0.1, -0.05) is 42.5 Å². The lowest BCUT2D eigenvalue weighted by Crippen LogP contribution is -2.41. The van der Waals surface area contributed by atoms with E-state index >= 15 is 0 Å². The van der Waals surface area contributed by atoms with Crippen LogP contribution in [0.2, 0.25) is 0 Å². The molecule has 7 heteroatoms. The second-order valence-electron chi connectivity index (χ2n) is 7.61. The van der Waals surface area contributed by atoms with Crippen molar-refractivity contribution >= 4 is 44.2 Å². The Kier molecular flexibility index (Phi) is 6.28. The van der Waals surface area contributed by atoms with Crippen molar-refractivity contribution < 1.29 is 9.59 Å². The Balaban J connectivity index is 1.22. The Labute approximate surface area is 180 Å². The van der Waals surface area contributed by atoms with Crippen molar-refractivity contribution in [1.82, 2.24) is 10.3 Å². The van der Waals surface area contributed by atoms with Gasteiger partial charge in [0.15, 0.2) is 5.13 Å². The van der Waals surface area contributed by atoms with Crippen molar-refractivity contribution in [2.45, 2.75) is 26.2 Å². The lowest BCUT2D eigenvalue weighted by Gasteiger charge is -2.31. The molecule has 0 atom stereocenters. The minimum Gasteiger partial charge on any atom is -0.348 e. The fourth-order valence-corrected chi connectivity index (χ4v) is 4.67. The van der Waals surface area contributed by atoms with Crippen LogP contribution in [0.4, 0.5) is 10.8 Å². The maximum atomic E-state index is 12.2. The molecule has 4 rings (SSSR count). The third-order valence-electron chi connectivity index (χ3n) is 5.55. The molecule has 0 spiro atoms. The van der Waals surface area contributed by atoms with Crippen molar-refractivity contribution in [3.8, 4) is 0 Å². The zero-order valence-electron chi connectivity index (χ0n) is 17.1. The molecule has 2 N–H and O–H groups in total. The normalized spacial score (nSPS) is 14.6. The van der Waals surface area contributed by atoms with E-state index in [2.05, 4.69) is 28.5 Å². The molecule has 0 bridgehead atoms. The molecular weight excluding hydrogens is 396 g/mol. The predicted molar refractivity (Wildman–Crippen MR) is 122 cm³/mol. The summed E-state index contributed by atoms with van der Waals surface area (Å²) in [4.78, 5) is 31.3. The average molecular weight is 423 g/mol. The predicted octanol–water partition coefficient (Wildman–Crippen LogP) is 3.83. The number of anilines is 2. The van der Waals surface area contributed by atoms with Crippen LogP contribution in [0, 0.1) is 5.92 Å². The van der Waals surface area contributed by atoms with E-state index in [1.54, 1.807) is 11.3 Å². The summed E-state index contributed by atoms with van der Waals surface area (Å²) in [7, 11) is 0. The van der Waals surface area contributed by atoms with Crippen LogP contribution >= 0.6 is 11.3 Å². The fraction of sp³-hybridized carbons (Fsp3) is 0.348. The second-order valence-corrected chi connectivity index (χ2v) is 8.62. The van der Waals surface area contributed by atoms with Gasteiger partial charge in [-0.25, -0.2) is 4.98 Å². The van der Waals surface area contributed by atoms with E-state index in [-0.39, 0.29) is 0 Å². The van der Waals surface area contributed by atoms with E-state index in [0.717, 1.165) is 43.0 Å². The minimum atomic E-state index is -0.619. The number of carbonyl (C=O) groups is 2. The monoisotopic (exact) mass is 422 g/mol. The standard InChI is InChI=1S/C23H26N4O2S/c1-2-16-7-9-18(10-8-16)25-22(29)21(28)24-15-17-11-13-27(14-12-17)23-26-19-5-3-4-6-20(19)30-23/h3-10,17H,2,11-15H2,1H3,(H,24,28)(H,25,29). The molecule has 0 saturated carbocycles. The van der Waals surface area contributed by atoms with Crippen LogP contribution in [0.25, 0.3) is 10.2 Å². The van der Waals surface area contributed by atoms with Gasteiger partial charge in [-0.15, -0.1) is 0 Å².